The number of ketones is 6. The first-order valence-electron chi connectivity index (χ1n) is 40.0. The van der Waals surface area contributed by atoms with E-state index in [4.69, 9.17) is 9.47 Å². The lowest BCUT2D eigenvalue weighted by Crippen LogP contribution is -2.35. The molecule has 0 aliphatic rings. The molecule has 0 fully saturated rings. The highest BCUT2D eigenvalue weighted by Gasteiger charge is 2.28. The van der Waals surface area contributed by atoms with Crippen LogP contribution >= 0.6 is 67.5 Å². The number of carbonyl (C=O) groups is 9. The second-order valence-corrected chi connectivity index (χ2v) is 35.7. The van der Waals surface area contributed by atoms with E-state index in [0.29, 0.717) is 134 Å². The van der Waals surface area contributed by atoms with Gasteiger partial charge in [-0.2, -0.15) is 67.5 Å². The van der Waals surface area contributed by atoms with E-state index in [9.17, 15) is 43.2 Å². The lowest BCUT2D eigenvalue weighted by molar-refractivity contribution is -0.145. The van der Waals surface area contributed by atoms with Gasteiger partial charge in [-0.05, 0) is 136 Å². The number of carbonyl (C=O) groups excluding carboxylic acids is 9. The van der Waals surface area contributed by atoms with Gasteiger partial charge < -0.3 is 20.1 Å². The summed E-state index contributed by atoms with van der Waals surface area (Å²) in [5, 5.41) is 5.84. The second-order valence-electron chi connectivity index (χ2n) is 35.7. The van der Waals surface area contributed by atoms with Gasteiger partial charge in [-0.3, -0.25) is 43.2 Å². The Labute approximate surface area is 679 Å². The zero-order chi connectivity index (χ0) is 77.9. The molecule has 0 aliphatic carbocycles. The van der Waals surface area contributed by atoms with E-state index in [0.717, 1.165) is 116 Å². The van der Waals surface area contributed by atoms with Crippen molar-refractivity contribution in [1.29, 1.82) is 0 Å². The van der Waals surface area contributed by atoms with Crippen molar-refractivity contribution in [2.24, 2.45) is 118 Å². The molecule has 2 N–H and O–H groups in total. The van der Waals surface area contributed by atoms with Crippen LogP contribution in [-0.4, -0.2) is 85.4 Å². The molecule has 5 atom stereocenters. The Kier molecular flexibility index (Phi) is 86.0. The number of ether oxygens (including phenoxy) is 2. The lowest BCUT2D eigenvalue weighted by atomic mass is 9.84. The van der Waals surface area contributed by atoms with Crippen LogP contribution in [-0.2, 0) is 52.6 Å². The number of hydrogen-bond acceptors (Lipinski definition) is 11. The molecule has 104 heavy (non-hydrogen) atoms. The molecule has 0 aliphatic heterocycles. The minimum Gasteiger partial charge on any atom is -0.465 e. The highest BCUT2D eigenvalue weighted by Crippen LogP contribution is 2.27. The quantitative estimate of drug-likeness (QED) is 0.0434. The van der Waals surface area contributed by atoms with Crippen LogP contribution in [0, 0.1) is 118 Å². The summed E-state index contributed by atoms with van der Waals surface area (Å²) >= 11 is 0. The van der Waals surface area contributed by atoms with Crippen LogP contribution in [0.3, 0.4) is 0 Å². The minimum absolute atomic E-state index is 0. The first kappa shape index (κ1) is 123. The molecule has 0 unspecified atom stereocenters. The Morgan fingerprint density at radius 3 is 0.971 bits per heavy atom. The number of hydrogen-bond donors (Lipinski definition) is 2. The largest absolute Gasteiger partial charge is 0.465 e. The zero-order valence-electron chi connectivity index (χ0n) is 73.3. The van der Waals surface area contributed by atoms with Crippen molar-refractivity contribution >= 4 is 120 Å². The monoisotopic (exact) mass is 1570 g/mol. The molecule has 0 radical (unpaired) electrons. The molecule has 0 aromatic carbocycles. The number of rotatable bonds is 50. The lowest BCUT2D eigenvalue weighted by Gasteiger charge is -2.22. The Morgan fingerprint density at radius 1 is 0.308 bits per heavy atom. The number of unbranched alkanes of at least 4 members (excludes halogenated alkanes) is 4. The Balaban J connectivity index is -0.000000132. The van der Waals surface area contributed by atoms with Crippen molar-refractivity contribution in [2.45, 2.75) is 349 Å². The molecule has 0 saturated heterocycles. The van der Waals surface area contributed by atoms with Gasteiger partial charge in [0.15, 0.2) is 0 Å². The fraction of sp³-hybridized carbons (Fsp3) is 0.895. The van der Waals surface area contributed by atoms with E-state index in [-0.39, 0.29) is 156 Å². The summed E-state index contributed by atoms with van der Waals surface area (Å²) < 4.78 is 10.7. The van der Waals surface area contributed by atoms with E-state index < -0.39 is 0 Å². The maximum Gasteiger partial charge on any atom is 0.305 e. The maximum absolute atomic E-state index is 12.2. The van der Waals surface area contributed by atoms with Gasteiger partial charge in [0.1, 0.15) is 34.7 Å². The van der Waals surface area contributed by atoms with E-state index in [2.05, 4.69) is 142 Å². The smallest absolute Gasteiger partial charge is 0.305 e. The fourth-order valence-electron chi connectivity index (χ4n) is 11.6. The van der Waals surface area contributed by atoms with Gasteiger partial charge >= 0.3 is 5.97 Å². The molecule has 18 heteroatoms. The van der Waals surface area contributed by atoms with Crippen LogP contribution < -0.4 is 10.6 Å². The standard InChI is InChI=1S/C20H38O2.C19H36O3.2C16H31NO2.C15H30O2.5H2S/c1-15(2)12-13-19(21)11-9-7-8-10-18(14-16(3)4)20(22)17(5)6;1-14(2)12-17(19(21)16(5)6)10-8-7-9-11-18(20)22-13-15(3)4;1-11(2)8-13(15(19)12(3)4)9-14(18)17-10-16(5,6)7;1-11(2)9-14(16(19)13(5)6)7-8-15(18)17-10-12(3)4;1-11(2)9-14(15(16)13(5)6)7-8-17-10-12(3)4;;;;;/h15-18H,7-14H2,1-6H3;14-17H,7-13H2,1-6H3;11-13H,8-10H2,1-7H3,(H,17,18);11-14H,7-10H2,1-6H3,(H,17,18);11-14H,7-10H2,1-6H3;5*1H2/t18-;17-;13-;2*14-;;;;;/m11011...../s1. The Morgan fingerprint density at radius 2 is 0.644 bits per heavy atom. The number of amides is 2. The molecule has 0 aromatic heterocycles. The van der Waals surface area contributed by atoms with Gasteiger partial charge in [-0.25, -0.2) is 0 Å². The molecule has 0 bridgehead atoms. The van der Waals surface area contributed by atoms with Crippen molar-refractivity contribution in [3.63, 3.8) is 0 Å². The number of Topliss-reactive ketones (excluding diaryl/α,β-unsaturated/α-hetero) is 6. The SMILES string of the molecule is CC(C)CCC(=O)CCCCC[C@H](CC(C)C)C(=O)C(C)C.CC(C)CNC(=O)CC[C@H](CC(C)C)C(=O)C(C)C.CC(C)COC(=O)CCCCC[C@H](CC(C)C)C(=O)C(C)C.CC(C)COCC[C@H](CC(C)C)C(=O)C(C)C.CC(C)C[C@@H](CC(=O)NCC(C)(C)C)C(=O)C(C)C.S.S.S.S.S. The summed E-state index contributed by atoms with van der Waals surface area (Å²) in [6, 6.07) is 0. The number of esters is 1. The van der Waals surface area contributed by atoms with E-state index in [1.54, 1.807) is 0 Å². The highest BCUT2D eigenvalue weighted by atomic mass is 32.1. The van der Waals surface area contributed by atoms with Crippen LogP contribution in [0.5, 0.6) is 0 Å². The van der Waals surface area contributed by atoms with E-state index in [1.165, 1.54) is 0 Å². The maximum atomic E-state index is 12.2. The van der Waals surface area contributed by atoms with Crippen molar-refractivity contribution in [3.05, 3.63) is 0 Å². The average Bonchev–Trinajstić information content (AvgIpc) is 0.926. The summed E-state index contributed by atoms with van der Waals surface area (Å²) in [6.07, 6.45) is 17.9. The molecular formula is C86H176N2O11S5. The molecule has 0 rings (SSSR count). The molecule has 2 amide bonds. The van der Waals surface area contributed by atoms with Crippen LogP contribution in [0.2, 0.25) is 0 Å². The molecule has 626 valence electrons. The number of nitrogens with one attached hydrogen (secondary N) is 2. The van der Waals surface area contributed by atoms with Gasteiger partial charge in [0.2, 0.25) is 11.8 Å². The third kappa shape index (κ3) is 79.7. The molecule has 13 nitrogen and oxygen atoms in total. The van der Waals surface area contributed by atoms with Crippen LogP contribution in [0.25, 0.3) is 0 Å². The highest BCUT2D eigenvalue weighted by molar-refractivity contribution is 7.60. The normalized spacial score (nSPS) is 12.7. The van der Waals surface area contributed by atoms with Gasteiger partial charge in [0.05, 0.1) is 6.61 Å². The molecule has 0 aromatic rings. The van der Waals surface area contributed by atoms with Gasteiger partial charge in [-0.15, -0.1) is 0 Å². The van der Waals surface area contributed by atoms with Crippen LogP contribution in [0.1, 0.15) is 349 Å². The second kappa shape index (κ2) is 72.7. The first-order chi connectivity index (χ1) is 45.6. The van der Waals surface area contributed by atoms with Gasteiger partial charge in [0.25, 0.3) is 0 Å². The first-order valence-corrected chi connectivity index (χ1v) is 40.0. The minimum atomic E-state index is -0.139. The van der Waals surface area contributed by atoms with Gasteiger partial charge in [0, 0.05) is 118 Å². The van der Waals surface area contributed by atoms with E-state index >= 15 is 0 Å². The molecule has 0 heterocycles. The molecular weight excluding hydrogens is 1400 g/mol. The van der Waals surface area contributed by atoms with Crippen molar-refractivity contribution in [1.82, 2.24) is 10.6 Å². The summed E-state index contributed by atoms with van der Waals surface area (Å²) in [6.45, 7) is 67.6. The van der Waals surface area contributed by atoms with Crippen molar-refractivity contribution in [2.75, 3.05) is 32.9 Å². The summed E-state index contributed by atoms with van der Waals surface area (Å²) in [5.74, 6) is 7.70. The summed E-state index contributed by atoms with van der Waals surface area (Å²) in [5.41, 5.74) is 0.0747. The van der Waals surface area contributed by atoms with Crippen molar-refractivity contribution in [3.8, 4) is 0 Å². The zero-order valence-corrected chi connectivity index (χ0v) is 78.3. The summed E-state index contributed by atoms with van der Waals surface area (Å²) in [7, 11) is 0. The van der Waals surface area contributed by atoms with Crippen LogP contribution in [0.4, 0.5) is 0 Å². The van der Waals surface area contributed by atoms with Crippen LogP contribution in [0.15, 0.2) is 0 Å². The van der Waals surface area contributed by atoms with E-state index in [1.807, 2.05) is 83.1 Å². The predicted octanol–water partition coefficient (Wildman–Crippen LogP) is 22.2. The predicted molar refractivity (Wildman–Crippen MR) is 471 cm³/mol. The third-order valence-corrected chi connectivity index (χ3v) is 16.9. The topological polar surface area (TPSA) is 196 Å². The summed E-state index contributed by atoms with van der Waals surface area (Å²) in [4.78, 5) is 108. The van der Waals surface area contributed by atoms with Gasteiger partial charge in [-0.1, -0.05) is 240 Å². The molecule has 0 spiro atoms. The Hall–Kier alpha value is -1.86. The Bertz CT molecular complexity index is 2070. The third-order valence-electron chi connectivity index (χ3n) is 16.9. The van der Waals surface area contributed by atoms with Crippen molar-refractivity contribution < 1.29 is 52.6 Å². The molecule has 0 saturated carbocycles. The fourth-order valence-corrected chi connectivity index (χ4v) is 11.6. The average molecular weight is 1570 g/mol.